The highest BCUT2D eigenvalue weighted by Gasteiger charge is 2.68. The monoisotopic (exact) mass is 298 g/mol. The van der Waals surface area contributed by atoms with Crippen LogP contribution in [0.4, 0.5) is 0 Å². The molecule has 2 rings (SSSR count). The van der Waals surface area contributed by atoms with Crippen molar-refractivity contribution in [2.24, 2.45) is 5.92 Å². The van der Waals surface area contributed by atoms with Crippen LogP contribution in [0.2, 0.25) is 10.0 Å². The summed E-state index contributed by atoms with van der Waals surface area (Å²) in [5.41, 5.74) is 0.687. The van der Waals surface area contributed by atoms with Crippen LogP contribution in [0.5, 0.6) is 0 Å². The molecular formula is C10H6Cl4O2. The van der Waals surface area contributed by atoms with Crippen molar-refractivity contribution in [3.05, 3.63) is 33.8 Å². The van der Waals surface area contributed by atoms with Gasteiger partial charge in [0.2, 0.25) is 0 Å². The lowest BCUT2D eigenvalue weighted by Gasteiger charge is -2.02. The molecule has 1 N–H and O–H groups in total. The van der Waals surface area contributed by atoms with Crippen molar-refractivity contribution in [3.8, 4) is 0 Å². The summed E-state index contributed by atoms with van der Waals surface area (Å²) in [6.45, 7) is 0. The zero-order valence-corrected chi connectivity index (χ0v) is 10.8. The number of hydrogen-bond acceptors (Lipinski definition) is 1. The number of aliphatic carboxylic acids is 1. The zero-order chi connectivity index (χ0) is 12.1. The van der Waals surface area contributed by atoms with E-state index in [1.807, 2.05) is 0 Å². The quantitative estimate of drug-likeness (QED) is 0.839. The van der Waals surface area contributed by atoms with Gasteiger partial charge < -0.3 is 5.11 Å². The van der Waals surface area contributed by atoms with Gasteiger partial charge in [-0.05, 0) is 17.7 Å². The number of carbonyl (C=O) groups is 1. The maximum absolute atomic E-state index is 10.9. The van der Waals surface area contributed by atoms with Gasteiger partial charge in [0.25, 0.3) is 0 Å². The highest BCUT2D eigenvalue weighted by molar-refractivity contribution is 6.53. The third-order valence-electron chi connectivity index (χ3n) is 2.62. The number of halogens is 4. The Kier molecular flexibility index (Phi) is 3.04. The molecule has 1 saturated carbocycles. The second-order valence-corrected chi connectivity index (χ2v) is 5.90. The molecular weight excluding hydrogens is 294 g/mol. The molecule has 0 radical (unpaired) electrons. The lowest BCUT2D eigenvalue weighted by Crippen LogP contribution is -2.03. The fourth-order valence-electron chi connectivity index (χ4n) is 1.75. The molecule has 1 aromatic rings. The van der Waals surface area contributed by atoms with Gasteiger partial charge in [-0.25, -0.2) is 0 Å². The highest BCUT2D eigenvalue weighted by Crippen LogP contribution is 2.65. The van der Waals surface area contributed by atoms with Crippen molar-refractivity contribution in [2.75, 3.05) is 0 Å². The van der Waals surface area contributed by atoms with Crippen molar-refractivity contribution in [2.45, 2.75) is 10.3 Å². The van der Waals surface area contributed by atoms with Crippen LogP contribution < -0.4 is 0 Å². The minimum atomic E-state index is -1.26. The third kappa shape index (κ3) is 1.88. The van der Waals surface area contributed by atoms with Crippen LogP contribution in [0.15, 0.2) is 18.2 Å². The van der Waals surface area contributed by atoms with Crippen LogP contribution >= 0.6 is 46.4 Å². The first kappa shape index (κ1) is 12.3. The highest BCUT2D eigenvalue weighted by atomic mass is 35.5. The lowest BCUT2D eigenvalue weighted by atomic mass is 10.1. The summed E-state index contributed by atoms with van der Waals surface area (Å²) in [4.78, 5) is 10.9. The molecule has 0 bridgehead atoms. The molecule has 0 spiro atoms. The molecule has 0 saturated heterocycles. The summed E-state index contributed by atoms with van der Waals surface area (Å²) < 4.78 is -1.26. The Morgan fingerprint density at radius 2 is 1.88 bits per heavy atom. The SMILES string of the molecule is O=C(O)[C@@H]1C(c2ccc(Cl)c(Cl)c2)C1(Cl)Cl. The number of alkyl halides is 2. The van der Waals surface area contributed by atoms with Gasteiger partial charge in [0.1, 0.15) is 4.33 Å². The summed E-state index contributed by atoms with van der Waals surface area (Å²) in [5, 5.41) is 9.69. The third-order valence-corrected chi connectivity index (χ3v) is 4.30. The van der Waals surface area contributed by atoms with Crippen LogP contribution in [0.3, 0.4) is 0 Å². The van der Waals surface area contributed by atoms with E-state index in [1.54, 1.807) is 18.2 Å². The number of rotatable bonds is 2. The zero-order valence-electron chi connectivity index (χ0n) is 7.75. The fraction of sp³-hybridized carbons (Fsp3) is 0.300. The molecule has 0 heterocycles. The normalized spacial score (nSPS) is 26.5. The van der Waals surface area contributed by atoms with E-state index in [0.717, 1.165) is 0 Å². The summed E-state index contributed by atoms with van der Waals surface area (Å²) in [6, 6.07) is 4.87. The number of carboxylic acid groups (broad SMARTS) is 1. The summed E-state index contributed by atoms with van der Waals surface area (Å²) >= 11 is 23.4. The van der Waals surface area contributed by atoms with Crippen LogP contribution in [0.25, 0.3) is 0 Å². The molecule has 1 aromatic carbocycles. The molecule has 0 aromatic heterocycles. The van der Waals surface area contributed by atoms with Crippen LogP contribution in [-0.4, -0.2) is 15.4 Å². The fourth-order valence-corrected chi connectivity index (χ4v) is 2.88. The molecule has 6 heteroatoms. The first-order valence-electron chi connectivity index (χ1n) is 4.41. The van der Waals surface area contributed by atoms with E-state index in [2.05, 4.69) is 0 Å². The van der Waals surface area contributed by atoms with Gasteiger partial charge in [-0.3, -0.25) is 4.79 Å². The molecule has 1 fully saturated rings. The maximum atomic E-state index is 10.9. The van der Waals surface area contributed by atoms with Crippen molar-refractivity contribution < 1.29 is 9.90 Å². The van der Waals surface area contributed by atoms with Crippen LogP contribution in [0, 0.1) is 5.92 Å². The number of benzene rings is 1. The van der Waals surface area contributed by atoms with Gasteiger partial charge in [-0.15, -0.1) is 0 Å². The second-order valence-electron chi connectivity index (χ2n) is 3.64. The molecule has 16 heavy (non-hydrogen) atoms. The van der Waals surface area contributed by atoms with E-state index in [-0.39, 0.29) is 0 Å². The predicted octanol–water partition coefficient (Wildman–Crippen LogP) is 3.97. The Morgan fingerprint density at radius 1 is 1.25 bits per heavy atom. The molecule has 2 nitrogen and oxygen atoms in total. The van der Waals surface area contributed by atoms with Crippen LogP contribution in [0.1, 0.15) is 11.5 Å². The smallest absolute Gasteiger partial charge is 0.310 e. The van der Waals surface area contributed by atoms with Crippen molar-refractivity contribution in [1.29, 1.82) is 0 Å². The summed E-state index contributed by atoms with van der Waals surface area (Å²) in [7, 11) is 0. The van der Waals surface area contributed by atoms with E-state index in [0.29, 0.717) is 15.6 Å². The molecule has 0 aliphatic heterocycles. The van der Waals surface area contributed by atoms with Gasteiger partial charge >= 0.3 is 5.97 Å². The minimum Gasteiger partial charge on any atom is -0.481 e. The molecule has 86 valence electrons. The Labute approximate surface area is 112 Å². The van der Waals surface area contributed by atoms with Crippen LogP contribution in [-0.2, 0) is 4.79 Å². The van der Waals surface area contributed by atoms with Gasteiger partial charge in [0, 0.05) is 5.92 Å². The van der Waals surface area contributed by atoms with Gasteiger partial charge in [0.05, 0.1) is 16.0 Å². The second kappa shape index (κ2) is 3.95. The van der Waals surface area contributed by atoms with E-state index in [1.165, 1.54) is 0 Å². The van der Waals surface area contributed by atoms with Crippen molar-refractivity contribution in [3.63, 3.8) is 0 Å². The predicted molar refractivity (Wildman–Crippen MR) is 64.8 cm³/mol. The van der Waals surface area contributed by atoms with Gasteiger partial charge in [-0.2, -0.15) is 0 Å². The standard InChI is InChI=1S/C10H6Cl4O2/c11-5-2-1-4(3-6(5)12)7-8(9(15)16)10(7,13)14/h1-3,7-8H,(H,15,16)/t7?,8-/m0/s1. The average molecular weight is 300 g/mol. The van der Waals surface area contributed by atoms with Crippen molar-refractivity contribution in [1.82, 2.24) is 0 Å². The molecule has 2 atom stereocenters. The van der Waals surface area contributed by atoms with Crippen molar-refractivity contribution >= 4 is 52.4 Å². The maximum Gasteiger partial charge on any atom is 0.310 e. The summed E-state index contributed by atoms with van der Waals surface area (Å²) in [5.74, 6) is -2.25. The number of hydrogen-bond donors (Lipinski definition) is 1. The first-order valence-corrected chi connectivity index (χ1v) is 5.92. The Morgan fingerprint density at radius 3 is 2.31 bits per heavy atom. The molecule has 0 amide bonds. The molecule has 1 aliphatic rings. The number of carboxylic acids is 1. The van der Waals surface area contributed by atoms with E-state index in [4.69, 9.17) is 51.5 Å². The minimum absolute atomic E-state index is 0.360. The lowest BCUT2D eigenvalue weighted by molar-refractivity contribution is -0.138. The first-order chi connectivity index (χ1) is 7.35. The Balaban J connectivity index is 2.33. The molecule has 1 unspecified atom stereocenters. The topological polar surface area (TPSA) is 37.3 Å². The van der Waals surface area contributed by atoms with E-state index >= 15 is 0 Å². The Hall–Kier alpha value is -0.150. The van der Waals surface area contributed by atoms with E-state index in [9.17, 15) is 4.79 Å². The van der Waals surface area contributed by atoms with Gasteiger partial charge in [-0.1, -0.05) is 52.5 Å². The van der Waals surface area contributed by atoms with E-state index < -0.39 is 22.1 Å². The average Bonchev–Trinajstić information content (AvgIpc) is 2.74. The summed E-state index contributed by atoms with van der Waals surface area (Å²) in [6.07, 6.45) is 0. The van der Waals surface area contributed by atoms with Gasteiger partial charge in [0.15, 0.2) is 0 Å². The Bertz CT molecular complexity index is 458. The molecule has 1 aliphatic carbocycles. The largest absolute Gasteiger partial charge is 0.481 e.